The molecular weight excluding hydrogens is 266 g/mol. The quantitative estimate of drug-likeness (QED) is 0.893. The molecular formula is C15H13N5O. The number of hydrogen-bond donors (Lipinski definition) is 2. The van der Waals surface area contributed by atoms with Crippen molar-refractivity contribution in [1.29, 1.82) is 5.26 Å². The summed E-state index contributed by atoms with van der Waals surface area (Å²) in [6.45, 7) is 0. The third kappa shape index (κ3) is 3.34. The molecule has 2 N–H and O–H groups in total. The van der Waals surface area contributed by atoms with Crippen LogP contribution in [-0.2, 0) is 0 Å². The van der Waals surface area contributed by atoms with E-state index in [1.165, 1.54) is 12.4 Å². The van der Waals surface area contributed by atoms with Gasteiger partial charge in [0, 0.05) is 24.1 Å². The van der Waals surface area contributed by atoms with Crippen LogP contribution in [-0.4, -0.2) is 21.9 Å². The lowest BCUT2D eigenvalue weighted by Crippen LogP contribution is -2.25. The number of amides is 1. The van der Waals surface area contributed by atoms with Gasteiger partial charge in [-0.05, 0) is 31.0 Å². The zero-order chi connectivity index (χ0) is 14.7. The largest absolute Gasteiger partial charge is 0.349 e. The molecule has 0 aliphatic heterocycles. The summed E-state index contributed by atoms with van der Waals surface area (Å²) in [5.41, 5.74) is 1.72. The SMILES string of the molecule is N#Cc1cccc(Nc2ncc(C(=O)NC3CC3)cn2)c1. The van der Waals surface area contributed by atoms with Gasteiger partial charge in [0.2, 0.25) is 5.95 Å². The number of anilines is 2. The number of nitrogens with zero attached hydrogens (tertiary/aromatic N) is 3. The Labute approximate surface area is 121 Å². The first kappa shape index (κ1) is 13.1. The predicted molar refractivity (Wildman–Crippen MR) is 77.0 cm³/mol. The van der Waals surface area contributed by atoms with Crippen LogP contribution in [0, 0.1) is 11.3 Å². The van der Waals surface area contributed by atoms with E-state index in [2.05, 4.69) is 26.7 Å². The zero-order valence-electron chi connectivity index (χ0n) is 11.2. The highest BCUT2D eigenvalue weighted by Crippen LogP contribution is 2.19. The van der Waals surface area contributed by atoms with Crippen LogP contribution in [0.5, 0.6) is 0 Å². The number of nitrogens with one attached hydrogen (secondary N) is 2. The normalized spacial score (nSPS) is 13.3. The fourth-order valence-corrected chi connectivity index (χ4v) is 1.80. The standard InChI is InChI=1S/C15H13N5O/c16-7-10-2-1-3-13(6-10)20-15-17-8-11(9-18-15)14(21)19-12-4-5-12/h1-3,6,8-9,12H,4-5H2,(H,19,21)(H,17,18,20). The third-order valence-electron chi connectivity index (χ3n) is 3.07. The smallest absolute Gasteiger partial charge is 0.254 e. The zero-order valence-corrected chi connectivity index (χ0v) is 11.2. The van der Waals surface area contributed by atoms with Crippen molar-refractivity contribution in [1.82, 2.24) is 15.3 Å². The first-order chi connectivity index (χ1) is 10.2. The van der Waals surface area contributed by atoms with Gasteiger partial charge < -0.3 is 10.6 Å². The topological polar surface area (TPSA) is 90.7 Å². The van der Waals surface area contributed by atoms with Gasteiger partial charge in [0.05, 0.1) is 17.2 Å². The van der Waals surface area contributed by atoms with Gasteiger partial charge >= 0.3 is 0 Å². The van der Waals surface area contributed by atoms with Crippen LogP contribution in [0.25, 0.3) is 0 Å². The molecule has 3 rings (SSSR count). The molecule has 0 radical (unpaired) electrons. The van der Waals surface area contributed by atoms with Crippen molar-refractivity contribution in [3.8, 4) is 6.07 Å². The van der Waals surface area contributed by atoms with Gasteiger partial charge in [-0.3, -0.25) is 4.79 Å². The molecule has 1 saturated carbocycles. The molecule has 1 aliphatic carbocycles. The molecule has 1 aliphatic rings. The van der Waals surface area contributed by atoms with Crippen LogP contribution < -0.4 is 10.6 Å². The van der Waals surface area contributed by atoms with E-state index in [4.69, 9.17) is 5.26 Å². The van der Waals surface area contributed by atoms with E-state index in [-0.39, 0.29) is 5.91 Å². The highest BCUT2D eigenvalue weighted by molar-refractivity contribution is 5.94. The van der Waals surface area contributed by atoms with Gasteiger partial charge in [0.25, 0.3) is 5.91 Å². The number of rotatable bonds is 4. The second-order valence-electron chi connectivity index (χ2n) is 4.86. The van der Waals surface area contributed by atoms with Gasteiger partial charge in [-0.25, -0.2) is 9.97 Å². The highest BCUT2D eigenvalue weighted by atomic mass is 16.1. The van der Waals surface area contributed by atoms with Crippen LogP contribution in [0.2, 0.25) is 0 Å². The Balaban J connectivity index is 1.68. The molecule has 0 bridgehead atoms. The molecule has 0 spiro atoms. The van der Waals surface area contributed by atoms with Gasteiger partial charge in [-0.2, -0.15) is 5.26 Å². The van der Waals surface area contributed by atoms with E-state index in [1.54, 1.807) is 18.2 Å². The predicted octanol–water partition coefficient (Wildman–Crippen LogP) is 1.98. The summed E-state index contributed by atoms with van der Waals surface area (Å²) in [7, 11) is 0. The van der Waals surface area contributed by atoms with Crippen molar-refractivity contribution >= 4 is 17.5 Å². The number of aromatic nitrogens is 2. The van der Waals surface area contributed by atoms with Crippen molar-refractivity contribution in [2.24, 2.45) is 0 Å². The summed E-state index contributed by atoms with van der Waals surface area (Å²) in [5, 5.41) is 14.7. The number of hydrogen-bond acceptors (Lipinski definition) is 5. The molecule has 0 saturated heterocycles. The van der Waals surface area contributed by atoms with E-state index >= 15 is 0 Å². The average Bonchev–Trinajstić information content (AvgIpc) is 3.32. The lowest BCUT2D eigenvalue weighted by Gasteiger charge is -2.06. The maximum Gasteiger partial charge on any atom is 0.254 e. The summed E-state index contributed by atoms with van der Waals surface area (Å²) in [6, 6.07) is 9.40. The van der Waals surface area contributed by atoms with Gasteiger partial charge in [-0.15, -0.1) is 0 Å². The van der Waals surface area contributed by atoms with Crippen LogP contribution in [0.4, 0.5) is 11.6 Å². The van der Waals surface area contributed by atoms with Crippen molar-refractivity contribution in [2.45, 2.75) is 18.9 Å². The van der Waals surface area contributed by atoms with E-state index in [9.17, 15) is 4.79 Å². The van der Waals surface area contributed by atoms with Crippen LogP contribution in [0.15, 0.2) is 36.7 Å². The Morgan fingerprint density at radius 2 is 2.05 bits per heavy atom. The maximum absolute atomic E-state index is 11.8. The molecule has 104 valence electrons. The second kappa shape index (κ2) is 5.59. The molecule has 0 unspecified atom stereocenters. The number of carbonyl (C=O) groups is 1. The molecule has 1 fully saturated rings. The van der Waals surface area contributed by atoms with Crippen molar-refractivity contribution < 1.29 is 4.79 Å². The van der Waals surface area contributed by atoms with Crippen molar-refractivity contribution in [2.75, 3.05) is 5.32 Å². The van der Waals surface area contributed by atoms with Crippen LogP contribution >= 0.6 is 0 Å². The first-order valence-electron chi connectivity index (χ1n) is 6.65. The highest BCUT2D eigenvalue weighted by Gasteiger charge is 2.23. The summed E-state index contributed by atoms with van der Waals surface area (Å²) >= 11 is 0. The summed E-state index contributed by atoms with van der Waals surface area (Å²) in [6.07, 6.45) is 5.06. The van der Waals surface area contributed by atoms with E-state index in [1.807, 2.05) is 6.07 Å². The molecule has 6 heteroatoms. The van der Waals surface area contributed by atoms with Gasteiger partial charge in [0.1, 0.15) is 0 Å². The van der Waals surface area contributed by atoms with Gasteiger partial charge in [-0.1, -0.05) is 6.07 Å². The van der Waals surface area contributed by atoms with Crippen molar-refractivity contribution in [3.63, 3.8) is 0 Å². The molecule has 21 heavy (non-hydrogen) atoms. The summed E-state index contributed by atoms with van der Waals surface area (Å²) in [5.74, 6) is 0.239. The Hall–Kier alpha value is -2.94. The Morgan fingerprint density at radius 1 is 1.29 bits per heavy atom. The summed E-state index contributed by atoms with van der Waals surface area (Å²) < 4.78 is 0. The van der Waals surface area contributed by atoms with Crippen LogP contribution in [0.1, 0.15) is 28.8 Å². The Kier molecular flexibility index (Phi) is 3.48. The minimum absolute atomic E-state index is 0.143. The minimum Gasteiger partial charge on any atom is -0.349 e. The maximum atomic E-state index is 11.8. The molecule has 2 aromatic rings. The fourth-order valence-electron chi connectivity index (χ4n) is 1.80. The average molecular weight is 279 g/mol. The minimum atomic E-state index is -0.143. The Morgan fingerprint density at radius 3 is 2.71 bits per heavy atom. The molecule has 1 amide bonds. The number of benzene rings is 1. The lowest BCUT2D eigenvalue weighted by atomic mass is 10.2. The first-order valence-corrected chi connectivity index (χ1v) is 6.65. The van der Waals surface area contributed by atoms with E-state index in [0.29, 0.717) is 23.1 Å². The van der Waals surface area contributed by atoms with Gasteiger partial charge in [0.15, 0.2) is 0 Å². The van der Waals surface area contributed by atoms with Crippen molar-refractivity contribution in [3.05, 3.63) is 47.8 Å². The van der Waals surface area contributed by atoms with E-state index in [0.717, 1.165) is 18.5 Å². The molecule has 6 nitrogen and oxygen atoms in total. The van der Waals surface area contributed by atoms with Crippen LogP contribution in [0.3, 0.4) is 0 Å². The number of nitriles is 1. The van der Waals surface area contributed by atoms with E-state index < -0.39 is 0 Å². The molecule has 1 aromatic heterocycles. The fraction of sp³-hybridized carbons (Fsp3) is 0.200. The third-order valence-corrected chi connectivity index (χ3v) is 3.07. The molecule has 1 aromatic carbocycles. The number of carbonyl (C=O) groups excluding carboxylic acids is 1. The Bertz CT molecular complexity index is 701. The monoisotopic (exact) mass is 279 g/mol. The second-order valence-corrected chi connectivity index (χ2v) is 4.86. The summed E-state index contributed by atoms with van der Waals surface area (Å²) in [4.78, 5) is 20.0. The molecule has 1 heterocycles. The lowest BCUT2D eigenvalue weighted by molar-refractivity contribution is 0.0950. The molecule has 0 atom stereocenters.